The maximum Gasteiger partial charge on any atom is 0.327 e. The van der Waals surface area contributed by atoms with Crippen LogP contribution in [0.4, 0.5) is 11.4 Å². The number of nitro groups is 1. The number of carbonyl (C=O) groups is 1. The minimum atomic E-state index is -4.23. The van der Waals surface area contributed by atoms with Gasteiger partial charge in [-0.05, 0) is 44.5 Å². The third-order valence-corrected chi connectivity index (χ3v) is 5.32. The van der Waals surface area contributed by atoms with Crippen molar-refractivity contribution in [3.8, 4) is 0 Å². The van der Waals surface area contributed by atoms with Crippen LogP contribution in [0.3, 0.4) is 0 Å². The van der Waals surface area contributed by atoms with E-state index in [1.54, 1.807) is 45.0 Å². The Balaban J connectivity index is 2.52. The summed E-state index contributed by atoms with van der Waals surface area (Å²) in [6.45, 7) is 4.55. The average molecular weight is 392 g/mol. The molecule has 0 aliphatic rings. The standard InChI is InChI=1S/C18H20N2O6S/c1-13(2)26-18(21)12-19(15-7-4-6-14(3)10-15)27(24,25)17-9-5-8-16(11-17)20(22)23/h4-11,13H,12H2,1-3H3. The molecule has 0 radical (unpaired) electrons. The SMILES string of the molecule is Cc1cccc(N(CC(=O)OC(C)C)S(=O)(=O)c2cccc([N+](=O)[O-])c2)c1. The van der Waals surface area contributed by atoms with Crippen LogP contribution in [0.1, 0.15) is 19.4 Å². The summed E-state index contributed by atoms with van der Waals surface area (Å²) in [5, 5.41) is 11.0. The Bertz CT molecular complexity index is 956. The van der Waals surface area contributed by atoms with Gasteiger partial charge in [0.15, 0.2) is 0 Å². The number of sulfonamides is 1. The second kappa shape index (κ2) is 8.17. The average Bonchev–Trinajstić information content (AvgIpc) is 2.59. The van der Waals surface area contributed by atoms with E-state index in [0.29, 0.717) is 0 Å². The maximum absolute atomic E-state index is 13.1. The highest BCUT2D eigenvalue weighted by atomic mass is 32.2. The van der Waals surface area contributed by atoms with E-state index in [1.807, 2.05) is 0 Å². The summed E-state index contributed by atoms with van der Waals surface area (Å²) >= 11 is 0. The van der Waals surface area contributed by atoms with E-state index in [9.17, 15) is 23.3 Å². The molecule has 0 atom stereocenters. The quantitative estimate of drug-likeness (QED) is 0.407. The molecule has 0 bridgehead atoms. The molecule has 9 heteroatoms. The number of hydrogen-bond acceptors (Lipinski definition) is 6. The summed E-state index contributed by atoms with van der Waals surface area (Å²) in [5.74, 6) is -0.722. The third-order valence-electron chi connectivity index (χ3n) is 3.55. The predicted molar refractivity (Wildman–Crippen MR) is 100 cm³/mol. The van der Waals surface area contributed by atoms with Gasteiger partial charge < -0.3 is 4.74 Å². The van der Waals surface area contributed by atoms with E-state index in [-0.39, 0.29) is 16.3 Å². The maximum atomic E-state index is 13.1. The number of carbonyl (C=O) groups excluding carboxylic acids is 1. The fraction of sp³-hybridized carbons (Fsp3) is 0.278. The zero-order valence-corrected chi connectivity index (χ0v) is 16.0. The van der Waals surface area contributed by atoms with Crippen molar-refractivity contribution < 1.29 is 22.9 Å². The molecule has 2 aromatic rings. The number of benzene rings is 2. The zero-order valence-electron chi connectivity index (χ0n) is 15.2. The molecular formula is C18H20N2O6S. The molecule has 0 aliphatic carbocycles. The number of nitro benzene ring substituents is 1. The number of rotatable bonds is 7. The lowest BCUT2D eigenvalue weighted by Crippen LogP contribution is -2.37. The van der Waals surface area contributed by atoms with Crippen LogP contribution in [0.2, 0.25) is 0 Å². The smallest absolute Gasteiger partial charge is 0.327 e. The second-order valence-electron chi connectivity index (χ2n) is 6.14. The summed E-state index contributed by atoms with van der Waals surface area (Å²) < 4.78 is 32.2. The lowest BCUT2D eigenvalue weighted by atomic mass is 10.2. The number of non-ortho nitro benzene ring substituents is 1. The van der Waals surface area contributed by atoms with Gasteiger partial charge in [-0.3, -0.25) is 19.2 Å². The van der Waals surface area contributed by atoms with Gasteiger partial charge in [0, 0.05) is 12.1 Å². The monoisotopic (exact) mass is 392 g/mol. The molecule has 0 saturated heterocycles. The van der Waals surface area contributed by atoms with Crippen molar-refractivity contribution in [1.82, 2.24) is 0 Å². The molecule has 0 spiro atoms. The Hall–Kier alpha value is -2.94. The molecule has 144 valence electrons. The normalized spacial score (nSPS) is 11.3. The van der Waals surface area contributed by atoms with E-state index < -0.39 is 33.6 Å². The first-order chi connectivity index (χ1) is 12.6. The Morgan fingerprint density at radius 3 is 2.44 bits per heavy atom. The van der Waals surface area contributed by atoms with Crippen LogP contribution >= 0.6 is 0 Å². The lowest BCUT2D eigenvalue weighted by Gasteiger charge is -2.24. The largest absolute Gasteiger partial charge is 0.462 e. The van der Waals surface area contributed by atoms with E-state index in [1.165, 1.54) is 18.2 Å². The van der Waals surface area contributed by atoms with E-state index >= 15 is 0 Å². The molecule has 2 rings (SSSR count). The minimum absolute atomic E-state index is 0.266. The molecule has 0 saturated carbocycles. The number of ether oxygens (including phenoxy) is 1. The van der Waals surface area contributed by atoms with Crippen molar-refractivity contribution in [3.05, 3.63) is 64.2 Å². The summed E-state index contributed by atoms with van der Waals surface area (Å²) in [4.78, 5) is 22.2. The summed E-state index contributed by atoms with van der Waals surface area (Å²) in [7, 11) is -4.23. The van der Waals surface area contributed by atoms with Gasteiger partial charge in [0.25, 0.3) is 15.7 Å². The van der Waals surface area contributed by atoms with E-state index in [2.05, 4.69) is 0 Å². The van der Waals surface area contributed by atoms with Crippen LogP contribution in [0, 0.1) is 17.0 Å². The van der Waals surface area contributed by atoms with Crippen molar-refractivity contribution in [2.45, 2.75) is 31.8 Å². The van der Waals surface area contributed by atoms with Crippen LogP contribution < -0.4 is 4.31 Å². The Kier molecular flexibility index (Phi) is 6.17. The molecule has 0 amide bonds. The van der Waals surface area contributed by atoms with Crippen LogP contribution in [-0.2, 0) is 19.6 Å². The number of esters is 1. The van der Waals surface area contributed by atoms with Crippen LogP contribution in [0.15, 0.2) is 53.4 Å². The zero-order chi connectivity index (χ0) is 20.2. The highest BCUT2D eigenvalue weighted by Gasteiger charge is 2.29. The Morgan fingerprint density at radius 1 is 1.19 bits per heavy atom. The first-order valence-electron chi connectivity index (χ1n) is 8.14. The topological polar surface area (TPSA) is 107 Å². The molecule has 0 N–H and O–H groups in total. The molecule has 0 aromatic heterocycles. The van der Waals surface area contributed by atoms with E-state index in [0.717, 1.165) is 15.9 Å². The number of hydrogen-bond donors (Lipinski definition) is 0. The minimum Gasteiger partial charge on any atom is -0.462 e. The van der Waals surface area contributed by atoms with Gasteiger partial charge in [-0.2, -0.15) is 0 Å². The summed E-state index contributed by atoms with van der Waals surface area (Å²) in [5.41, 5.74) is 0.705. The molecule has 0 fully saturated rings. The highest BCUT2D eigenvalue weighted by Crippen LogP contribution is 2.26. The number of nitrogens with zero attached hydrogens (tertiary/aromatic N) is 2. The van der Waals surface area contributed by atoms with Crippen molar-refractivity contribution in [1.29, 1.82) is 0 Å². The molecule has 0 unspecified atom stereocenters. The van der Waals surface area contributed by atoms with Crippen molar-refractivity contribution >= 4 is 27.4 Å². The summed E-state index contributed by atoms with van der Waals surface area (Å²) in [6, 6.07) is 11.3. The van der Waals surface area contributed by atoms with Gasteiger partial charge in [0.05, 0.1) is 21.6 Å². The first kappa shape index (κ1) is 20.4. The molecule has 27 heavy (non-hydrogen) atoms. The lowest BCUT2D eigenvalue weighted by molar-refractivity contribution is -0.385. The fourth-order valence-electron chi connectivity index (χ4n) is 2.40. The van der Waals surface area contributed by atoms with E-state index in [4.69, 9.17) is 4.74 Å². The van der Waals surface area contributed by atoms with Gasteiger partial charge in [0.2, 0.25) is 0 Å². The molecular weight excluding hydrogens is 372 g/mol. The molecule has 2 aromatic carbocycles. The van der Waals surface area contributed by atoms with Crippen molar-refractivity contribution in [2.75, 3.05) is 10.8 Å². The van der Waals surface area contributed by atoms with Gasteiger partial charge in [-0.1, -0.05) is 18.2 Å². The van der Waals surface area contributed by atoms with Gasteiger partial charge in [-0.15, -0.1) is 0 Å². The van der Waals surface area contributed by atoms with Crippen LogP contribution in [-0.4, -0.2) is 32.0 Å². The first-order valence-corrected chi connectivity index (χ1v) is 9.58. The number of aryl methyl sites for hydroxylation is 1. The van der Waals surface area contributed by atoms with Gasteiger partial charge >= 0.3 is 5.97 Å². The summed E-state index contributed by atoms with van der Waals surface area (Å²) in [6.07, 6.45) is -0.405. The van der Waals surface area contributed by atoms with Crippen LogP contribution in [0.5, 0.6) is 0 Å². The Morgan fingerprint density at radius 2 is 1.85 bits per heavy atom. The second-order valence-corrected chi connectivity index (χ2v) is 8.01. The van der Waals surface area contributed by atoms with Gasteiger partial charge in [0.1, 0.15) is 6.54 Å². The fourth-order valence-corrected chi connectivity index (χ4v) is 3.84. The Labute approximate surface area is 157 Å². The molecule has 0 aliphatic heterocycles. The number of anilines is 1. The molecule has 0 heterocycles. The third kappa shape index (κ3) is 5.04. The van der Waals surface area contributed by atoms with Crippen molar-refractivity contribution in [2.24, 2.45) is 0 Å². The van der Waals surface area contributed by atoms with Crippen LogP contribution in [0.25, 0.3) is 0 Å². The predicted octanol–water partition coefficient (Wildman–Crippen LogP) is 3.05. The highest BCUT2D eigenvalue weighted by molar-refractivity contribution is 7.92. The molecule has 8 nitrogen and oxygen atoms in total. The van der Waals surface area contributed by atoms with Crippen molar-refractivity contribution in [3.63, 3.8) is 0 Å². The van der Waals surface area contributed by atoms with Gasteiger partial charge in [-0.25, -0.2) is 8.42 Å².